The number of carbonyl (C=O) groups excluding carboxylic acids is 2. The molecule has 1 saturated heterocycles. The van der Waals surface area contributed by atoms with Gasteiger partial charge in [0.25, 0.3) is 11.8 Å². The van der Waals surface area contributed by atoms with Crippen LogP contribution in [0.4, 0.5) is 0 Å². The van der Waals surface area contributed by atoms with Crippen LogP contribution < -0.4 is 0 Å². The number of aryl methyl sites for hydroxylation is 1. The number of furan rings is 1. The van der Waals surface area contributed by atoms with E-state index in [4.69, 9.17) is 16.0 Å². The van der Waals surface area contributed by atoms with Crippen molar-refractivity contribution in [3.05, 3.63) is 47.1 Å². The topological polar surface area (TPSA) is 58.7 Å². The third kappa shape index (κ3) is 3.27. The Balaban J connectivity index is 1.68. The van der Waals surface area contributed by atoms with E-state index in [9.17, 15) is 9.59 Å². The van der Waals surface area contributed by atoms with E-state index in [0.717, 1.165) is 6.42 Å². The van der Waals surface area contributed by atoms with Crippen molar-refractivity contribution in [2.24, 2.45) is 7.05 Å². The molecule has 0 saturated carbocycles. The Bertz CT molecular complexity index is 708. The maximum Gasteiger partial charge on any atom is 0.270 e. The van der Waals surface area contributed by atoms with Crippen molar-refractivity contribution >= 4 is 23.4 Å². The van der Waals surface area contributed by atoms with Crippen LogP contribution in [0, 0.1) is 0 Å². The number of hydrogen-bond acceptors (Lipinski definition) is 3. The first-order valence-corrected chi connectivity index (χ1v) is 7.86. The van der Waals surface area contributed by atoms with E-state index in [0.29, 0.717) is 42.5 Å². The molecule has 2 amide bonds. The Morgan fingerprint density at radius 1 is 1.13 bits per heavy atom. The van der Waals surface area contributed by atoms with Crippen molar-refractivity contribution in [3.8, 4) is 0 Å². The smallest absolute Gasteiger partial charge is 0.270 e. The summed E-state index contributed by atoms with van der Waals surface area (Å²) in [5.74, 6) is -0.119. The first kappa shape index (κ1) is 15.7. The van der Waals surface area contributed by atoms with Gasteiger partial charge in [-0.3, -0.25) is 9.59 Å². The number of hydrogen-bond donors (Lipinski definition) is 0. The summed E-state index contributed by atoms with van der Waals surface area (Å²) in [6, 6.07) is 3.32. The molecule has 0 aromatic carbocycles. The number of nitrogens with zero attached hydrogens (tertiary/aromatic N) is 3. The van der Waals surface area contributed by atoms with E-state index < -0.39 is 0 Å². The molecule has 0 unspecified atom stereocenters. The second kappa shape index (κ2) is 6.50. The fraction of sp³-hybridized carbons (Fsp3) is 0.375. The van der Waals surface area contributed by atoms with Gasteiger partial charge in [-0.15, -0.1) is 0 Å². The highest BCUT2D eigenvalue weighted by Gasteiger charge is 2.25. The Labute approximate surface area is 139 Å². The molecule has 1 aliphatic rings. The normalized spacial score (nSPS) is 15.6. The molecule has 2 aromatic rings. The number of carbonyl (C=O) groups is 2. The van der Waals surface area contributed by atoms with Crippen molar-refractivity contribution in [1.82, 2.24) is 14.4 Å². The van der Waals surface area contributed by atoms with E-state index in [1.165, 1.54) is 12.5 Å². The summed E-state index contributed by atoms with van der Waals surface area (Å²) in [5.41, 5.74) is 1.10. The number of halogens is 1. The van der Waals surface area contributed by atoms with E-state index in [1.807, 2.05) is 0 Å². The molecule has 1 aliphatic heterocycles. The largest absolute Gasteiger partial charge is 0.472 e. The van der Waals surface area contributed by atoms with Gasteiger partial charge in [0, 0.05) is 39.4 Å². The molecular formula is C16H18ClN3O3. The second-order valence-corrected chi connectivity index (χ2v) is 6.04. The van der Waals surface area contributed by atoms with Gasteiger partial charge >= 0.3 is 0 Å². The average Bonchev–Trinajstić information content (AvgIpc) is 3.09. The van der Waals surface area contributed by atoms with Crippen LogP contribution in [-0.2, 0) is 7.05 Å². The SMILES string of the molecule is Cn1cc(Cl)cc1C(=O)N1CCCN(C(=O)c2ccoc2)CC1. The zero-order valence-electron chi connectivity index (χ0n) is 12.9. The highest BCUT2D eigenvalue weighted by atomic mass is 35.5. The highest BCUT2D eigenvalue weighted by molar-refractivity contribution is 6.31. The maximum atomic E-state index is 12.6. The third-order valence-corrected chi connectivity index (χ3v) is 4.24. The molecule has 0 bridgehead atoms. The molecule has 3 heterocycles. The monoisotopic (exact) mass is 335 g/mol. The third-order valence-electron chi connectivity index (χ3n) is 4.03. The molecule has 0 spiro atoms. The van der Waals surface area contributed by atoms with Crippen LogP contribution in [0.2, 0.25) is 5.02 Å². The fourth-order valence-corrected chi connectivity index (χ4v) is 3.04. The molecule has 0 atom stereocenters. The van der Waals surface area contributed by atoms with Crippen molar-refractivity contribution in [2.75, 3.05) is 26.2 Å². The van der Waals surface area contributed by atoms with Crippen LogP contribution in [0.15, 0.2) is 35.3 Å². The second-order valence-electron chi connectivity index (χ2n) is 5.60. The molecular weight excluding hydrogens is 318 g/mol. The summed E-state index contributed by atoms with van der Waals surface area (Å²) in [6.07, 6.45) is 5.39. The van der Waals surface area contributed by atoms with E-state index in [2.05, 4.69) is 0 Å². The quantitative estimate of drug-likeness (QED) is 0.846. The van der Waals surface area contributed by atoms with Gasteiger partial charge in [-0.2, -0.15) is 0 Å². The summed E-state index contributed by atoms with van der Waals surface area (Å²) in [4.78, 5) is 28.5. The Morgan fingerprint density at radius 2 is 1.83 bits per heavy atom. The minimum absolute atomic E-state index is 0.0583. The Kier molecular flexibility index (Phi) is 4.43. The highest BCUT2D eigenvalue weighted by Crippen LogP contribution is 2.16. The zero-order chi connectivity index (χ0) is 16.4. The van der Waals surface area contributed by atoms with Gasteiger partial charge in [0.15, 0.2) is 0 Å². The molecule has 0 aliphatic carbocycles. The van der Waals surface area contributed by atoms with Gasteiger partial charge in [0.1, 0.15) is 12.0 Å². The average molecular weight is 336 g/mol. The molecule has 7 heteroatoms. The molecule has 3 rings (SSSR count). The zero-order valence-corrected chi connectivity index (χ0v) is 13.6. The Hall–Kier alpha value is -2.21. The van der Waals surface area contributed by atoms with E-state index in [1.54, 1.807) is 39.7 Å². The van der Waals surface area contributed by atoms with Gasteiger partial charge in [-0.1, -0.05) is 11.6 Å². The van der Waals surface area contributed by atoms with Crippen molar-refractivity contribution < 1.29 is 14.0 Å². The lowest BCUT2D eigenvalue weighted by Gasteiger charge is -2.22. The van der Waals surface area contributed by atoms with Gasteiger partial charge in [-0.05, 0) is 18.6 Å². The van der Waals surface area contributed by atoms with Crippen LogP contribution >= 0.6 is 11.6 Å². The Morgan fingerprint density at radius 3 is 2.39 bits per heavy atom. The van der Waals surface area contributed by atoms with Gasteiger partial charge in [0.2, 0.25) is 0 Å². The van der Waals surface area contributed by atoms with Crippen LogP contribution in [0.1, 0.15) is 27.3 Å². The van der Waals surface area contributed by atoms with Crippen molar-refractivity contribution in [1.29, 1.82) is 0 Å². The number of rotatable bonds is 2. The first-order valence-electron chi connectivity index (χ1n) is 7.49. The minimum Gasteiger partial charge on any atom is -0.472 e. The molecule has 6 nitrogen and oxygen atoms in total. The van der Waals surface area contributed by atoms with Crippen molar-refractivity contribution in [2.45, 2.75) is 6.42 Å². The van der Waals surface area contributed by atoms with E-state index in [-0.39, 0.29) is 11.8 Å². The predicted molar refractivity (Wildman–Crippen MR) is 85.6 cm³/mol. The summed E-state index contributed by atoms with van der Waals surface area (Å²) in [5, 5.41) is 0.544. The van der Waals surface area contributed by atoms with Gasteiger partial charge < -0.3 is 18.8 Å². The minimum atomic E-state index is -0.0602. The number of aromatic nitrogens is 1. The lowest BCUT2D eigenvalue weighted by Crippen LogP contribution is -2.37. The summed E-state index contributed by atoms with van der Waals surface area (Å²) in [7, 11) is 1.80. The van der Waals surface area contributed by atoms with E-state index >= 15 is 0 Å². The summed E-state index contributed by atoms with van der Waals surface area (Å²) >= 11 is 5.95. The summed E-state index contributed by atoms with van der Waals surface area (Å²) < 4.78 is 6.69. The standard InChI is InChI=1S/C16H18ClN3O3/c1-18-10-13(17)9-14(18)16(22)20-5-2-4-19(6-7-20)15(21)12-3-8-23-11-12/h3,8-11H,2,4-7H2,1H3. The fourth-order valence-electron chi connectivity index (χ4n) is 2.79. The number of amides is 2. The van der Waals surface area contributed by atoms with Crippen LogP contribution in [0.3, 0.4) is 0 Å². The van der Waals surface area contributed by atoms with Crippen molar-refractivity contribution in [3.63, 3.8) is 0 Å². The lowest BCUT2D eigenvalue weighted by atomic mass is 10.3. The van der Waals surface area contributed by atoms with Crippen LogP contribution in [-0.4, -0.2) is 52.4 Å². The lowest BCUT2D eigenvalue weighted by molar-refractivity contribution is 0.0713. The van der Waals surface area contributed by atoms with Crippen LogP contribution in [0.5, 0.6) is 0 Å². The molecule has 2 aromatic heterocycles. The molecule has 23 heavy (non-hydrogen) atoms. The maximum absolute atomic E-state index is 12.6. The molecule has 122 valence electrons. The molecule has 0 N–H and O–H groups in total. The van der Waals surface area contributed by atoms with Gasteiger partial charge in [0.05, 0.1) is 16.8 Å². The summed E-state index contributed by atoms with van der Waals surface area (Å²) in [6.45, 7) is 2.26. The predicted octanol–water partition coefficient (Wildman–Crippen LogP) is 2.26. The molecule has 1 fully saturated rings. The van der Waals surface area contributed by atoms with Crippen LogP contribution in [0.25, 0.3) is 0 Å². The first-order chi connectivity index (χ1) is 11.1. The van der Waals surface area contributed by atoms with Gasteiger partial charge in [-0.25, -0.2) is 0 Å². The molecule has 0 radical (unpaired) electrons.